The molecule has 1 aromatic carbocycles. The minimum atomic E-state index is -0.439. The maximum absolute atomic E-state index is 13.8. The molecule has 19 heavy (non-hydrogen) atoms. The molecule has 2 saturated heterocycles. The number of nitrogens with zero attached hydrogens (tertiary/aromatic N) is 1. The summed E-state index contributed by atoms with van der Waals surface area (Å²) in [5, 5.41) is 0. The van der Waals surface area contributed by atoms with Gasteiger partial charge in [-0.05, 0) is 37.8 Å². The lowest BCUT2D eigenvalue weighted by molar-refractivity contribution is -0.0216. The molecule has 0 radical (unpaired) electrons. The fourth-order valence-corrected chi connectivity index (χ4v) is 3.28. The van der Waals surface area contributed by atoms with Crippen LogP contribution in [0.15, 0.2) is 24.3 Å². The molecule has 1 aromatic rings. The second-order valence-corrected chi connectivity index (χ2v) is 5.42. The van der Waals surface area contributed by atoms with Crippen molar-refractivity contribution in [2.45, 2.75) is 31.2 Å². The van der Waals surface area contributed by atoms with Crippen molar-refractivity contribution in [2.75, 3.05) is 19.8 Å². The van der Waals surface area contributed by atoms with Crippen LogP contribution in [0.3, 0.4) is 0 Å². The minimum absolute atomic E-state index is 0.175. The van der Waals surface area contributed by atoms with E-state index in [-0.39, 0.29) is 17.0 Å². The Morgan fingerprint density at radius 1 is 1.26 bits per heavy atom. The van der Waals surface area contributed by atoms with Crippen LogP contribution in [-0.4, -0.2) is 36.1 Å². The Kier molecular flexibility index (Phi) is 3.27. The molecular weight excluding hydrogens is 245 g/mol. The summed E-state index contributed by atoms with van der Waals surface area (Å²) in [6.07, 6.45) is 3.88. The van der Waals surface area contributed by atoms with Gasteiger partial charge in [0, 0.05) is 13.2 Å². The molecule has 2 aliphatic rings. The van der Waals surface area contributed by atoms with E-state index in [0.717, 1.165) is 32.3 Å². The average Bonchev–Trinajstić information content (AvgIpc) is 2.82. The fraction of sp³-hybridized carbons (Fsp3) is 0.533. The van der Waals surface area contributed by atoms with Crippen molar-refractivity contribution in [3.63, 3.8) is 0 Å². The van der Waals surface area contributed by atoms with Crippen LogP contribution in [0.4, 0.5) is 4.39 Å². The highest BCUT2D eigenvalue weighted by atomic mass is 19.1. The highest BCUT2D eigenvalue weighted by Crippen LogP contribution is 2.37. The molecule has 4 heteroatoms. The SMILES string of the molecule is O=C(c1ccccc1F)N1CCCC12CCCOC2. The van der Waals surface area contributed by atoms with E-state index < -0.39 is 5.82 Å². The highest BCUT2D eigenvalue weighted by molar-refractivity contribution is 5.95. The van der Waals surface area contributed by atoms with Crippen molar-refractivity contribution < 1.29 is 13.9 Å². The molecule has 1 amide bonds. The van der Waals surface area contributed by atoms with Crippen LogP contribution in [0.2, 0.25) is 0 Å². The van der Waals surface area contributed by atoms with Gasteiger partial charge in [-0.25, -0.2) is 4.39 Å². The Morgan fingerprint density at radius 3 is 2.79 bits per heavy atom. The second kappa shape index (κ2) is 4.93. The first-order valence-electron chi connectivity index (χ1n) is 6.87. The number of hydrogen-bond acceptors (Lipinski definition) is 2. The second-order valence-electron chi connectivity index (χ2n) is 5.42. The Labute approximate surface area is 112 Å². The number of rotatable bonds is 1. The summed E-state index contributed by atoms with van der Waals surface area (Å²) in [4.78, 5) is 14.4. The zero-order valence-corrected chi connectivity index (χ0v) is 10.9. The van der Waals surface area contributed by atoms with E-state index in [1.165, 1.54) is 6.07 Å². The van der Waals surface area contributed by atoms with Gasteiger partial charge in [0.15, 0.2) is 0 Å². The zero-order chi connectivity index (χ0) is 13.3. The molecule has 2 heterocycles. The highest BCUT2D eigenvalue weighted by Gasteiger charge is 2.45. The quantitative estimate of drug-likeness (QED) is 0.779. The van der Waals surface area contributed by atoms with Crippen molar-refractivity contribution >= 4 is 5.91 Å². The number of amides is 1. The molecule has 3 rings (SSSR count). The number of carbonyl (C=O) groups is 1. The topological polar surface area (TPSA) is 29.5 Å². The third kappa shape index (κ3) is 2.14. The van der Waals surface area contributed by atoms with Gasteiger partial charge in [-0.3, -0.25) is 4.79 Å². The molecule has 0 saturated carbocycles. The van der Waals surface area contributed by atoms with Crippen molar-refractivity contribution in [2.24, 2.45) is 0 Å². The predicted octanol–water partition coefficient (Wildman–Crippen LogP) is 2.61. The van der Waals surface area contributed by atoms with E-state index in [1.54, 1.807) is 18.2 Å². The molecule has 0 N–H and O–H groups in total. The monoisotopic (exact) mass is 263 g/mol. The molecule has 102 valence electrons. The molecule has 2 aliphatic heterocycles. The number of benzene rings is 1. The molecule has 3 nitrogen and oxygen atoms in total. The molecule has 1 atom stereocenters. The third-order valence-electron chi connectivity index (χ3n) is 4.25. The zero-order valence-electron chi connectivity index (χ0n) is 10.9. The van der Waals surface area contributed by atoms with Gasteiger partial charge < -0.3 is 9.64 Å². The minimum Gasteiger partial charge on any atom is -0.379 e. The van der Waals surface area contributed by atoms with Gasteiger partial charge in [0.1, 0.15) is 5.82 Å². The molecule has 0 aliphatic carbocycles. The van der Waals surface area contributed by atoms with Crippen molar-refractivity contribution in [3.8, 4) is 0 Å². The average molecular weight is 263 g/mol. The van der Waals surface area contributed by atoms with Crippen molar-refractivity contribution in [1.29, 1.82) is 0 Å². The molecule has 2 fully saturated rings. The van der Waals surface area contributed by atoms with E-state index in [0.29, 0.717) is 13.2 Å². The summed E-state index contributed by atoms with van der Waals surface area (Å²) < 4.78 is 19.3. The maximum Gasteiger partial charge on any atom is 0.257 e. The van der Waals surface area contributed by atoms with Crippen LogP contribution in [0.1, 0.15) is 36.0 Å². The smallest absolute Gasteiger partial charge is 0.257 e. The van der Waals surface area contributed by atoms with Crippen LogP contribution in [0, 0.1) is 5.82 Å². The summed E-state index contributed by atoms with van der Waals surface area (Å²) in [6.45, 7) is 2.06. The van der Waals surface area contributed by atoms with E-state index in [4.69, 9.17) is 4.74 Å². The molecule has 0 aromatic heterocycles. The van der Waals surface area contributed by atoms with E-state index in [2.05, 4.69) is 0 Å². The van der Waals surface area contributed by atoms with E-state index in [9.17, 15) is 9.18 Å². The van der Waals surface area contributed by atoms with Crippen LogP contribution in [-0.2, 0) is 4.74 Å². The number of ether oxygens (including phenoxy) is 1. The number of halogens is 1. The molecule has 0 bridgehead atoms. The summed E-state index contributed by atoms with van der Waals surface area (Å²) in [7, 11) is 0. The lowest BCUT2D eigenvalue weighted by Crippen LogP contribution is -2.52. The normalized spacial score (nSPS) is 26.9. The fourth-order valence-electron chi connectivity index (χ4n) is 3.28. The van der Waals surface area contributed by atoms with Gasteiger partial charge in [-0.15, -0.1) is 0 Å². The Bertz CT molecular complexity index is 483. The van der Waals surface area contributed by atoms with Gasteiger partial charge in [0.2, 0.25) is 0 Å². The largest absolute Gasteiger partial charge is 0.379 e. The van der Waals surface area contributed by atoms with Gasteiger partial charge in [-0.2, -0.15) is 0 Å². The number of carbonyl (C=O) groups excluding carboxylic acids is 1. The van der Waals surface area contributed by atoms with Gasteiger partial charge in [-0.1, -0.05) is 12.1 Å². The Balaban J connectivity index is 1.88. The van der Waals surface area contributed by atoms with Crippen molar-refractivity contribution in [3.05, 3.63) is 35.6 Å². The first kappa shape index (κ1) is 12.6. The number of likely N-dealkylation sites (tertiary alicyclic amines) is 1. The van der Waals surface area contributed by atoms with Crippen LogP contribution < -0.4 is 0 Å². The van der Waals surface area contributed by atoms with Crippen LogP contribution in [0.25, 0.3) is 0 Å². The van der Waals surface area contributed by atoms with Crippen LogP contribution >= 0.6 is 0 Å². The van der Waals surface area contributed by atoms with E-state index in [1.807, 2.05) is 4.90 Å². The maximum atomic E-state index is 13.8. The summed E-state index contributed by atoms with van der Waals surface area (Å²) >= 11 is 0. The predicted molar refractivity (Wildman–Crippen MR) is 69.5 cm³/mol. The van der Waals surface area contributed by atoms with Gasteiger partial charge in [0.05, 0.1) is 17.7 Å². The number of hydrogen-bond donors (Lipinski definition) is 0. The van der Waals surface area contributed by atoms with Gasteiger partial charge >= 0.3 is 0 Å². The lowest BCUT2D eigenvalue weighted by Gasteiger charge is -2.41. The van der Waals surface area contributed by atoms with Crippen LogP contribution in [0.5, 0.6) is 0 Å². The summed E-state index contributed by atoms with van der Waals surface area (Å²) in [6, 6.07) is 6.22. The first-order valence-corrected chi connectivity index (χ1v) is 6.87. The third-order valence-corrected chi connectivity index (χ3v) is 4.25. The molecule has 1 spiro atoms. The Hall–Kier alpha value is -1.42. The van der Waals surface area contributed by atoms with E-state index >= 15 is 0 Å². The van der Waals surface area contributed by atoms with Crippen molar-refractivity contribution in [1.82, 2.24) is 4.90 Å². The first-order chi connectivity index (χ1) is 9.23. The van der Waals surface area contributed by atoms with Gasteiger partial charge in [0.25, 0.3) is 5.91 Å². The summed E-state index contributed by atoms with van der Waals surface area (Å²) in [5.74, 6) is -0.632. The Morgan fingerprint density at radius 2 is 2.05 bits per heavy atom. The molecule has 1 unspecified atom stereocenters. The summed E-state index contributed by atoms with van der Waals surface area (Å²) in [5.41, 5.74) is -0.0215. The standard InChI is InChI=1S/C15H18FNO2/c16-13-6-2-1-5-12(13)14(18)17-9-3-7-15(17)8-4-10-19-11-15/h1-2,5-6H,3-4,7-11H2. The molecular formula is C15H18FNO2. The lowest BCUT2D eigenvalue weighted by atomic mass is 9.89.